The summed E-state index contributed by atoms with van der Waals surface area (Å²) >= 11 is 0. The first-order chi connectivity index (χ1) is 15.3. The maximum absolute atomic E-state index is 13.8. The fourth-order valence-electron chi connectivity index (χ4n) is 4.37. The zero-order valence-corrected chi connectivity index (χ0v) is 19.3. The lowest BCUT2D eigenvalue weighted by Gasteiger charge is -2.34. The lowest BCUT2D eigenvalue weighted by atomic mass is 10.0. The van der Waals surface area contributed by atoms with E-state index in [9.17, 15) is 9.59 Å². The van der Waals surface area contributed by atoms with Crippen molar-refractivity contribution in [2.75, 3.05) is 52.3 Å². The Bertz CT molecular complexity index is 1100. The van der Waals surface area contributed by atoms with Gasteiger partial charge in [-0.3, -0.25) is 9.59 Å². The zero-order chi connectivity index (χ0) is 23.0. The Morgan fingerprint density at radius 2 is 1.50 bits per heavy atom. The highest BCUT2D eigenvalue weighted by atomic mass is 16.5. The number of amides is 2. The van der Waals surface area contributed by atoms with Gasteiger partial charge in [-0.2, -0.15) is 0 Å². The van der Waals surface area contributed by atoms with Crippen LogP contribution in [0, 0.1) is 13.8 Å². The Kier molecular flexibility index (Phi) is 5.93. The summed E-state index contributed by atoms with van der Waals surface area (Å²) in [5.74, 6) is 0.487. The van der Waals surface area contributed by atoms with Gasteiger partial charge < -0.3 is 19.3 Å². The summed E-state index contributed by atoms with van der Waals surface area (Å²) in [6.07, 6.45) is 0. The normalized spacial score (nSPS) is 17.4. The summed E-state index contributed by atoms with van der Waals surface area (Å²) < 4.78 is 10.8. The maximum atomic E-state index is 13.8. The number of benzene rings is 2. The lowest BCUT2D eigenvalue weighted by Crippen LogP contribution is -2.46. The predicted octanol–water partition coefficient (Wildman–Crippen LogP) is 2.85. The second-order valence-electron chi connectivity index (χ2n) is 8.32. The van der Waals surface area contributed by atoms with Gasteiger partial charge in [0, 0.05) is 26.2 Å². The van der Waals surface area contributed by atoms with E-state index in [4.69, 9.17) is 9.47 Å². The van der Waals surface area contributed by atoms with E-state index < -0.39 is 0 Å². The van der Waals surface area contributed by atoms with E-state index in [-0.39, 0.29) is 11.8 Å². The second kappa shape index (κ2) is 8.67. The molecule has 2 aliphatic heterocycles. The number of methoxy groups -OCH3 is 2. The van der Waals surface area contributed by atoms with Gasteiger partial charge in [0.2, 0.25) is 0 Å². The molecule has 0 spiro atoms. The number of rotatable bonds is 5. The number of piperazine rings is 1. The van der Waals surface area contributed by atoms with Gasteiger partial charge in [-0.1, -0.05) is 23.8 Å². The first-order valence-electron chi connectivity index (χ1n) is 10.7. The Balaban J connectivity index is 1.85. The Labute approximate surface area is 188 Å². The third-order valence-corrected chi connectivity index (χ3v) is 6.14. The molecule has 7 nitrogen and oxygen atoms in total. The molecule has 0 aliphatic carbocycles. The van der Waals surface area contributed by atoms with Crippen LogP contribution in [-0.2, 0) is 9.59 Å². The van der Waals surface area contributed by atoms with E-state index in [0.29, 0.717) is 47.1 Å². The molecule has 0 unspecified atom stereocenters. The molecule has 2 heterocycles. The number of ether oxygens (including phenoxy) is 2. The highest BCUT2D eigenvalue weighted by Crippen LogP contribution is 2.39. The average molecular weight is 436 g/mol. The highest BCUT2D eigenvalue weighted by Gasteiger charge is 2.43. The van der Waals surface area contributed by atoms with Crippen LogP contribution < -0.4 is 14.4 Å². The Hall–Kier alpha value is -3.32. The molecule has 1 saturated heterocycles. The van der Waals surface area contributed by atoms with E-state index >= 15 is 0 Å². The van der Waals surface area contributed by atoms with Crippen LogP contribution >= 0.6 is 0 Å². The summed E-state index contributed by atoms with van der Waals surface area (Å²) in [7, 11) is 5.18. The minimum Gasteiger partial charge on any atom is -0.493 e. The lowest BCUT2D eigenvalue weighted by molar-refractivity contribution is -0.120. The van der Waals surface area contributed by atoms with E-state index in [1.165, 1.54) is 4.90 Å². The number of likely N-dealkylation sites (N-methyl/N-ethyl adjacent to an activating group) is 1. The van der Waals surface area contributed by atoms with Gasteiger partial charge in [0.25, 0.3) is 11.8 Å². The van der Waals surface area contributed by atoms with Crippen molar-refractivity contribution in [3.05, 3.63) is 58.8 Å². The van der Waals surface area contributed by atoms with Crippen molar-refractivity contribution < 1.29 is 19.1 Å². The van der Waals surface area contributed by atoms with Crippen LogP contribution in [0.15, 0.2) is 42.1 Å². The molecule has 2 aromatic rings. The van der Waals surface area contributed by atoms with Crippen molar-refractivity contribution in [3.63, 3.8) is 0 Å². The number of hydrogen-bond donors (Lipinski definition) is 0. The first kappa shape index (κ1) is 21.9. The van der Waals surface area contributed by atoms with Crippen LogP contribution in [-0.4, -0.2) is 69.1 Å². The van der Waals surface area contributed by atoms with Crippen molar-refractivity contribution in [1.82, 2.24) is 9.80 Å². The molecule has 0 bridgehead atoms. The molecular formula is C25H29N3O4. The number of aryl methyl sites for hydroxylation is 2. The van der Waals surface area contributed by atoms with Crippen LogP contribution in [0.2, 0.25) is 0 Å². The summed E-state index contributed by atoms with van der Waals surface area (Å²) in [4.78, 5) is 33.1. The minimum absolute atomic E-state index is 0.281. The maximum Gasteiger partial charge on any atom is 0.282 e. The first-order valence-corrected chi connectivity index (χ1v) is 10.7. The van der Waals surface area contributed by atoms with Crippen LogP contribution in [0.4, 0.5) is 5.69 Å². The van der Waals surface area contributed by atoms with E-state index in [1.807, 2.05) is 43.0 Å². The van der Waals surface area contributed by atoms with Gasteiger partial charge in [0.1, 0.15) is 5.70 Å². The Morgan fingerprint density at radius 3 is 2.12 bits per heavy atom. The van der Waals surface area contributed by atoms with Gasteiger partial charge in [-0.05, 0) is 50.2 Å². The number of anilines is 1. The van der Waals surface area contributed by atoms with Crippen molar-refractivity contribution in [1.29, 1.82) is 0 Å². The molecule has 4 rings (SSSR count). The van der Waals surface area contributed by atoms with E-state index in [1.54, 1.807) is 26.4 Å². The van der Waals surface area contributed by atoms with Crippen molar-refractivity contribution >= 4 is 23.1 Å². The van der Waals surface area contributed by atoms with Gasteiger partial charge in [-0.25, -0.2) is 4.90 Å². The SMILES string of the molecule is COc1ccc(C2=C(N3CCN(C)CC3)C(=O)N(c3ccc(C)cc3C)C2=O)cc1OC. The highest BCUT2D eigenvalue weighted by molar-refractivity contribution is 6.45. The van der Waals surface area contributed by atoms with Crippen LogP contribution in [0.1, 0.15) is 16.7 Å². The quantitative estimate of drug-likeness (QED) is 0.673. The molecule has 1 fully saturated rings. The van der Waals surface area contributed by atoms with Crippen molar-refractivity contribution in [2.24, 2.45) is 0 Å². The predicted molar refractivity (Wildman–Crippen MR) is 124 cm³/mol. The van der Waals surface area contributed by atoms with Gasteiger partial charge in [-0.15, -0.1) is 0 Å². The third kappa shape index (κ3) is 3.73. The molecule has 0 saturated carbocycles. The van der Waals surface area contributed by atoms with E-state index in [0.717, 1.165) is 24.2 Å². The molecule has 0 atom stereocenters. The molecule has 7 heteroatoms. The number of carbonyl (C=O) groups is 2. The number of carbonyl (C=O) groups excluding carboxylic acids is 2. The molecule has 0 N–H and O–H groups in total. The number of imide groups is 1. The van der Waals surface area contributed by atoms with Gasteiger partial charge >= 0.3 is 0 Å². The number of hydrogen-bond acceptors (Lipinski definition) is 6. The minimum atomic E-state index is -0.317. The fourth-order valence-corrected chi connectivity index (χ4v) is 4.37. The molecule has 0 radical (unpaired) electrons. The summed E-state index contributed by atoms with van der Waals surface area (Å²) in [5, 5.41) is 0. The summed E-state index contributed by atoms with van der Waals surface area (Å²) in [6.45, 7) is 6.94. The van der Waals surface area contributed by atoms with Gasteiger partial charge in [0.15, 0.2) is 11.5 Å². The molecular weight excluding hydrogens is 406 g/mol. The second-order valence-corrected chi connectivity index (χ2v) is 8.32. The monoisotopic (exact) mass is 435 g/mol. The molecule has 168 valence electrons. The topological polar surface area (TPSA) is 62.3 Å². The smallest absolute Gasteiger partial charge is 0.282 e. The standard InChI is InChI=1S/C25H29N3O4/c1-16-6-8-19(17(2)14-16)28-24(29)22(18-7-9-20(31-4)21(15-18)32-5)23(25(28)30)27-12-10-26(3)11-13-27/h6-9,14-15H,10-13H2,1-5H3. The van der Waals surface area contributed by atoms with Crippen LogP contribution in [0.5, 0.6) is 11.5 Å². The molecule has 2 aromatic carbocycles. The molecule has 32 heavy (non-hydrogen) atoms. The van der Waals surface area contributed by atoms with Crippen LogP contribution in [0.25, 0.3) is 5.57 Å². The molecule has 2 amide bonds. The van der Waals surface area contributed by atoms with Crippen LogP contribution in [0.3, 0.4) is 0 Å². The largest absolute Gasteiger partial charge is 0.493 e. The number of nitrogens with zero attached hydrogens (tertiary/aromatic N) is 3. The molecule has 0 aromatic heterocycles. The average Bonchev–Trinajstić information content (AvgIpc) is 3.04. The summed E-state index contributed by atoms with van der Waals surface area (Å²) in [5.41, 5.74) is 4.08. The van der Waals surface area contributed by atoms with Crippen molar-refractivity contribution in [2.45, 2.75) is 13.8 Å². The Morgan fingerprint density at radius 1 is 0.812 bits per heavy atom. The molecule has 2 aliphatic rings. The van der Waals surface area contributed by atoms with E-state index in [2.05, 4.69) is 11.9 Å². The summed E-state index contributed by atoms with van der Waals surface area (Å²) in [6, 6.07) is 11.1. The zero-order valence-electron chi connectivity index (χ0n) is 19.3. The third-order valence-electron chi connectivity index (χ3n) is 6.14. The fraction of sp³-hybridized carbons (Fsp3) is 0.360. The van der Waals surface area contributed by atoms with Gasteiger partial charge in [0.05, 0.1) is 25.5 Å². The van der Waals surface area contributed by atoms with Crippen molar-refractivity contribution in [3.8, 4) is 11.5 Å².